The Kier molecular flexibility index (Phi) is 8.82. The van der Waals surface area contributed by atoms with Gasteiger partial charge in [0.25, 0.3) is 0 Å². The zero-order chi connectivity index (χ0) is 17.2. The van der Waals surface area contributed by atoms with E-state index in [1.165, 1.54) is 24.0 Å². The Morgan fingerprint density at radius 1 is 0.833 bits per heavy atom. The molecule has 0 saturated heterocycles. The lowest BCUT2D eigenvalue weighted by Crippen LogP contribution is -2.18. The van der Waals surface area contributed by atoms with Gasteiger partial charge in [0.05, 0.1) is 10.0 Å². The van der Waals surface area contributed by atoms with Crippen LogP contribution < -0.4 is 10.0 Å². The quantitative estimate of drug-likeness (QED) is 0.398. The second-order valence-electron chi connectivity index (χ2n) is 5.71. The summed E-state index contributed by atoms with van der Waals surface area (Å²) in [4.78, 5) is 0. The van der Waals surface area contributed by atoms with Gasteiger partial charge >= 0.3 is 0 Å². The van der Waals surface area contributed by atoms with Crippen molar-refractivity contribution in [3.05, 3.63) is 63.6 Å². The predicted molar refractivity (Wildman–Crippen MR) is 110 cm³/mol. The van der Waals surface area contributed by atoms with Crippen molar-refractivity contribution in [3.63, 3.8) is 0 Å². The van der Waals surface area contributed by atoms with Crippen molar-refractivity contribution in [2.24, 2.45) is 0 Å². The van der Waals surface area contributed by atoms with Crippen LogP contribution in [0.4, 0.5) is 5.69 Å². The van der Waals surface area contributed by atoms with E-state index < -0.39 is 0 Å². The highest BCUT2D eigenvalue weighted by Crippen LogP contribution is 2.22. The lowest BCUT2D eigenvalue weighted by Gasteiger charge is -2.07. The predicted octanol–water partition coefficient (Wildman–Crippen LogP) is 5.84. The average molecular weight is 383 g/mol. The van der Waals surface area contributed by atoms with Crippen LogP contribution in [0, 0.1) is 0 Å². The second kappa shape index (κ2) is 10.9. The molecule has 0 aliphatic carbocycles. The van der Waals surface area contributed by atoms with Crippen molar-refractivity contribution >= 4 is 40.8 Å². The van der Waals surface area contributed by atoms with E-state index in [1.807, 2.05) is 24.5 Å². The average Bonchev–Trinajstić information content (AvgIpc) is 2.59. The molecule has 0 aromatic heterocycles. The summed E-state index contributed by atoms with van der Waals surface area (Å²) in [6.45, 7) is 2.01. The van der Waals surface area contributed by atoms with E-state index in [2.05, 4.69) is 34.3 Å². The number of benzene rings is 2. The van der Waals surface area contributed by atoms with Gasteiger partial charge in [-0.1, -0.05) is 53.3 Å². The van der Waals surface area contributed by atoms with E-state index in [-0.39, 0.29) is 0 Å². The molecule has 130 valence electrons. The number of aryl methyl sites for hydroxylation is 1. The van der Waals surface area contributed by atoms with E-state index in [4.69, 9.17) is 23.2 Å². The van der Waals surface area contributed by atoms with Crippen LogP contribution in [-0.2, 0) is 12.8 Å². The summed E-state index contributed by atoms with van der Waals surface area (Å²) in [5, 5.41) is 4.74. The molecule has 2 aromatic carbocycles. The number of nitrogens with one attached hydrogen (secondary N) is 2. The topological polar surface area (TPSA) is 24.1 Å². The zero-order valence-corrected chi connectivity index (χ0v) is 16.3. The van der Waals surface area contributed by atoms with Gasteiger partial charge in [0.15, 0.2) is 0 Å². The summed E-state index contributed by atoms with van der Waals surface area (Å²) in [5.74, 6) is 0. The van der Waals surface area contributed by atoms with Gasteiger partial charge in [-0.3, -0.25) is 0 Å². The minimum Gasteiger partial charge on any atom is -0.330 e. The lowest BCUT2D eigenvalue weighted by molar-refractivity contribution is 0.622. The Bertz CT molecular complexity index is 617. The molecule has 0 amide bonds. The van der Waals surface area contributed by atoms with Gasteiger partial charge in [0.2, 0.25) is 0 Å². The molecule has 5 heteroatoms. The molecular formula is C19H24Cl2N2S. The molecule has 0 saturated carbocycles. The molecule has 0 bridgehead atoms. The largest absolute Gasteiger partial charge is 0.330 e. The molecule has 0 aliphatic rings. The SMILES string of the molecule is CSNc1ccc(CCCCNCCc2ccc(Cl)c(Cl)c2)cc1. The summed E-state index contributed by atoms with van der Waals surface area (Å²) in [5.41, 5.74) is 3.78. The molecule has 2 N–H and O–H groups in total. The molecular weight excluding hydrogens is 359 g/mol. The van der Waals surface area contributed by atoms with Crippen LogP contribution in [0.1, 0.15) is 24.0 Å². The molecule has 0 heterocycles. The smallest absolute Gasteiger partial charge is 0.0595 e. The van der Waals surface area contributed by atoms with Crippen LogP contribution in [-0.4, -0.2) is 19.3 Å². The molecule has 0 fully saturated rings. The van der Waals surface area contributed by atoms with Crippen LogP contribution >= 0.6 is 35.1 Å². The minimum absolute atomic E-state index is 0.616. The number of unbranched alkanes of at least 4 members (excludes halogenated alkanes) is 1. The highest BCUT2D eigenvalue weighted by Gasteiger charge is 1.99. The summed E-state index contributed by atoms with van der Waals surface area (Å²) >= 11 is 13.6. The van der Waals surface area contributed by atoms with Crippen molar-refractivity contribution in [2.75, 3.05) is 24.1 Å². The first-order valence-electron chi connectivity index (χ1n) is 8.21. The Labute approximate surface area is 159 Å². The molecule has 24 heavy (non-hydrogen) atoms. The molecule has 0 radical (unpaired) electrons. The first-order chi connectivity index (χ1) is 11.7. The summed E-state index contributed by atoms with van der Waals surface area (Å²) in [6.07, 6.45) is 6.53. The van der Waals surface area contributed by atoms with Crippen LogP contribution in [0.25, 0.3) is 0 Å². The van der Waals surface area contributed by atoms with Gasteiger partial charge in [-0.25, -0.2) is 0 Å². The maximum Gasteiger partial charge on any atom is 0.0595 e. The number of halogens is 2. The summed E-state index contributed by atoms with van der Waals surface area (Å²) < 4.78 is 3.24. The third kappa shape index (κ3) is 6.94. The maximum atomic E-state index is 6.02. The van der Waals surface area contributed by atoms with Crippen LogP contribution in [0.2, 0.25) is 10.0 Å². The first kappa shape index (κ1) is 19.5. The van der Waals surface area contributed by atoms with Crippen molar-refractivity contribution in [1.29, 1.82) is 0 Å². The van der Waals surface area contributed by atoms with E-state index in [0.29, 0.717) is 10.0 Å². The minimum atomic E-state index is 0.616. The maximum absolute atomic E-state index is 6.02. The van der Waals surface area contributed by atoms with Gasteiger partial charge in [-0.05, 0) is 74.2 Å². The first-order valence-corrected chi connectivity index (χ1v) is 10.2. The number of hydrogen-bond acceptors (Lipinski definition) is 3. The molecule has 0 atom stereocenters. The molecule has 0 spiro atoms. The second-order valence-corrected chi connectivity index (χ2v) is 7.14. The van der Waals surface area contributed by atoms with E-state index in [9.17, 15) is 0 Å². The van der Waals surface area contributed by atoms with Crippen molar-refractivity contribution in [3.8, 4) is 0 Å². The highest BCUT2D eigenvalue weighted by atomic mass is 35.5. The zero-order valence-electron chi connectivity index (χ0n) is 13.9. The monoisotopic (exact) mass is 382 g/mol. The molecule has 2 rings (SSSR count). The number of rotatable bonds is 10. The number of anilines is 1. The van der Waals surface area contributed by atoms with E-state index in [1.54, 1.807) is 11.9 Å². The van der Waals surface area contributed by atoms with Gasteiger partial charge in [-0.15, -0.1) is 0 Å². The van der Waals surface area contributed by atoms with Crippen LogP contribution in [0.5, 0.6) is 0 Å². The Morgan fingerprint density at radius 2 is 1.58 bits per heavy atom. The Morgan fingerprint density at radius 3 is 2.29 bits per heavy atom. The van der Waals surface area contributed by atoms with Crippen molar-refractivity contribution in [1.82, 2.24) is 5.32 Å². The third-order valence-corrected chi connectivity index (χ3v) is 5.00. The number of hydrogen-bond donors (Lipinski definition) is 2. The normalized spacial score (nSPS) is 10.8. The van der Waals surface area contributed by atoms with Crippen molar-refractivity contribution in [2.45, 2.75) is 25.7 Å². The standard InChI is InChI=1S/C19H24Cl2N2S/c1-24-23-17-8-5-15(6-9-17)4-2-3-12-22-13-11-16-7-10-18(20)19(21)14-16/h5-10,14,22-23H,2-4,11-13H2,1H3. The van der Waals surface area contributed by atoms with Gasteiger partial charge in [0, 0.05) is 11.9 Å². The van der Waals surface area contributed by atoms with Crippen molar-refractivity contribution < 1.29 is 0 Å². The molecule has 2 nitrogen and oxygen atoms in total. The van der Waals surface area contributed by atoms with Gasteiger partial charge in [-0.2, -0.15) is 0 Å². The Balaban J connectivity index is 1.55. The fourth-order valence-electron chi connectivity index (χ4n) is 2.49. The lowest BCUT2D eigenvalue weighted by atomic mass is 10.1. The summed E-state index contributed by atoms with van der Waals surface area (Å²) in [7, 11) is 0. The van der Waals surface area contributed by atoms with Crippen LogP contribution in [0.3, 0.4) is 0 Å². The van der Waals surface area contributed by atoms with E-state index in [0.717, 1.165) is 31.6 Å². The summed E-state index contributed by atoms with van der Waals surface area (Å²) in [6, 6.07) is 14.5. The van der Waals surface area contributed by atoms with E-state index >= 15 is 0 Å². The molecule has 2 aromatic rings. The molecule has 0 aliphatic heterocycles. The van der Waals surface area contributed by atoms with Crippen LogP contribution in [0.15, 0.2) is 42.5 Å². The fourth-order valence-corrected chi connectivity index (χ4v) is 3.18. The Hall–Kier alpha value is -0.870. The fraction of sp³-hybridized carbons (Fsp3) is 0.368. The van der Waals surface area contributed by atoms with Gasteiger partial charge < -0.3 is 10.0 Å². The molecule has 0 unspecified atom stereocenters. The van der Waals surface area contributed by atoms with Gasteiger partial charge in [0.1, 0.15) is 0 Å². The third-order valence-electron chi connectivity index (χ3n) is 3.82. The highest BCUT2D eigenvalue weighted by molar-refractivity contribution is 7.99.